The Labute approximate surface area is 230 Å². The standard InChI is InChI=1S/2C16H24O3/c2*1-3-5-11-18-13-15(17)14-9-7-8-10-16(14)19-12-6-4-2/h2*7-10H,3-6,11-13H2,1-2H3. The van der Waals surface area contributed by atoms with E-state index in [1.807, 2.05) is 36.4 Å². The first-order valence-electron chi connectivity index (χ1n) is 14.2. The molecular weight excluding hydrogens is 480 g/mol. The molecule has 0 aliphatic carbocycles. The maximum atomic E-state index is 12.1. The van der Waals surface area contributed by atoms with Gasteiger partial charge in [0.15, 0.2) is 11.6 Å². The molecule has 0 spiro atoms. The van der Waals surface area contributed by atoms with E-state index in [9.17, 15) is 9.59 Å². The van der Waals surface area contributed by atoms with Gasteiger partial charge in [0.2, 0.25) is 0 Å². The van der Waals surface area contributed by atoms with E-state index in [2.05, 4.69) is 27.7 Å². The first-order valence-corrected chi connectivity index (χ1v) is 14.2. The second-order valence-electron chi connectivity index (χ2n) is 9.05. The van der Waals surface area contributed by atoms with Gasteiger partial charge in [-0.3, -0.25) is 9.59 Å². The lowest BCUT2D eigenvalue weighted by molar-refractivity contribution is 0.0746. The van der Waals surface area contributed by atoms with Crippen LogP contribution in [0.25, 0.3) is 0 Å². The number of unbranched alkanes of at least 4 members (excludes halogenated alkanes) is 4. The highest BCUT2D eigenvalue weighted by atomic mass is 16.5. The van der Waals surface area contributed by atoms with E-state index in [4.69, 9.17) is 18.9 Å². The van der Waals surface area contributed by atoms with Crippen LogP contribution in [0.5, 0.6) is 11.5 Å². The van der Waals surface area contributed by atoms with Crippen molar-refractivity contribution in [3.8, 4) is 11.5 Å². The molecule has 0 aliphatic rings. The average Bonchev–Trinajstić information content (AvgIpc) is 2.94. The number of hydrogen-bond donors (Lipinski definition) is 0. The number of ether oxygens (including phenoxy) is 4. The Bertz CT molecular complexity index is 822. The van der Waals surface area contributed by atoms with E-state index in [0.717, 1.165) is 51.4 Å². The van der Waals surface area contributed by atoms with Gasteiger partial charge in [-0.25, -0.2) is 0 Å². The van der Waals surface area contributed by atoms with Gasteiger partial charge >= 0.3 is 0 Å². The van der Waals surface area contributed by atoms with Crippen molar-refractivity contribution in [2.45, 2.75) is 79.1 Å². The van der Waals surface area contributed by atoms with E-state index in [1.54, 1.807) is 12.1 Å². The van der Waals surface area contributed by atoms with Gasteiger partial charge < -0.3 is 18.9 Å². The van der Waals surface area contributed by atoms with Gasteiger partial charge in [0.25, 0.3) is 0 Å². The summed E-state index contributed by atoms with van der Waals surface area (Å²) in [5.41, 5.74) is 1.24. The maximum Gasteiger partial charge on any atom is 0.192 e. The predicted octanol–water partition coefficient (Wildman–Crippen LogP) is 7.73. The molecule has 0 heterocycles. The minimum absolute atomic E-state index is 0.0109. The first kappa shape index (κ1) is 33.3. The molecule has 38 heavy (non-hydrogen) atoms. The molecule has 0 unspecified atom stereocenters. The van der Waals surface area contributed by atoms with Crippen LogP contribution < -0.4 is 9.47 Å². The van der Waals surface area contributed by atoms with Crippen LogP contribution in [0.3, 0.4) is 0 Å². The summed E-state index contributed by atoms with van der Waals surface area (Å²) in [6, 6.07) is 14.8. The first-order chi connectivity index (χ1) is 18.6. The highest BCUT2D eigenvalue weighted by molar-refractivity contribution is 6.00. The lowest BCUT2D eigenvalue weighted by Gasteiger charge is -2.10. The number of para-hydroxylation sites is 2. The Morgan fingerprint density at radius 2 is 0.868 bits per heavy atom. The Morgan fingerprint density at radius 3 is 1.24 bits per heavy atom. The molecule has 0 fully saturated rings. The van der Waals surface area contributed by atoms with Crippen molar-refractivity contribution in [2.75, 3.05) is 39.6 Å². The molecule has 0 saturated carbocycles. The third kappa shape index (κ3) is 14.3. The number of Topliss-reactive ketones (excluding diaryl/α,β-unsaturated/α-hetero) is 2. The van der Waals surface area contributed by atoms with E-state index < -0.39 is 0 Å². The van der Waals surface area contributed by atoms with Crippen molar-refractivity contribution in [3.63, 3.8) is 0 Å². The number of ketones is 2. The van der Waals surface area contributed by atoms with Crippen LogP contribution in [-0.2, 0) is 9.47 Å². The molecule has 6 nitrogen and oxygen atoms in total. The quantitative estimate of drug-likeness (QED) is 0.129. The molecule has 0 atom stereocenters. The summed E-state index contributed by atoms with van der Waals surface area (Å²) < 4.78 is 22.0. The zero-order valence-corrected chi connectivity index (χ0v) is 24.0. The number of carbonyl (C=O) groups is 2. The molecule has 0 N–H and O–H groups in total. The van der Waals surface area contributed by atoms with Gasteiger partial charge in [-0.1, -0.05) is 77.6 Å². The van der Waals surface area contributed by atoms with Gasteiger partial charge in [-0.2, -0.15) is 0 Å². The largest absolute Gasteiger partial charge is 0.493 e. The lowest BCUT2D eigenvalue weighted by atomic mass is 10.1. The fourth-order valence-corrected chi connectivity index (χ4v) is 3.28. The highest BCUT2D eigenvalue weighted by Gasteiger charge is 2.13. The van der Waals surface area contributed by atoms with E-state index >= 15 is 0 Å². The molecular formula is C32H48O6. The summed E-state index contributed by atoms with van der Waals surface area (Å²) in [7, 11) is 0. The Hall–Kier alpha value is -2.70. The molecule has 0 aromatic heterocycles. The lowest BCUT2D eigenvalue weighted by Crippen LogP contribution is -2.12. The van der Waals surface area contributed by atoms with Crippen molar-refractivity contribution in [3.05, 3.63) is 59.7 Å². The molecule has 6 heteroatoms. The van der Waals surface area contributed by atoms with Crippen LogP contribution >= 0.6 is 0 Å². The van der Waals surface area contributed by atoms with Gasteiger partial charge in [-0.15, -0.1) is 0 Å². The van der Waals surface area contributed by atoms with Gasteiger partial charge in [-0.05, 0) is 49.9 Å². The van der Waals surface area contributed by atoms with Crippen molar-refractivity contribution >= 4 is 11.6 Å². The summed E-state index contributed by atoms with van der Waals surface area (Å²) in [5, 5.41) is 0. The molecule has 212 valence electrons. The van der Waals surface area contributed by atoms with Crippen LogP contribution in [0.2, 0.25) is 0 Å². The normalized spacial score (nSPS) is 10.4. The minimum atomic E-state index is -0.0109. The van der Waals surface area contributed by atoms with Crippen molar-refractivity contribution in [2.24, 2.45) is 0 Å². The highest BCUT2D eigenvalue weighted by Crippen LogP contribution is 2.20. The second kappa shape index (κ2) is 22.3. The zero-order chi connectivity index (χ0) is 27.8. The summed E-state index contributed by atoms with van der Waals surface area (Å²) in [5.74, 6) is 1.31. The summed E-state index contributed by atoms with van der Waals surface area (Å²) >= 11 is 0. The number of hydrogen-bond acceptors (Lipinski definition) is 6. The van der Waals surface area contributed by atoms with E-state index in [-0.39, 0.29) is 24.8 Å². The Kier molecular flexibility index (Phi) is 19.6. The van der Waals surface area contributed by atoms with Crippen LogP contribution in [0, 0.1) is 0 Å². The molecule has 2 aromatic rings. The third-order valence-electron chi connectivity index (χ3n) is 5.64. The fourth-order valence-electron chi connectivity index (χ4n) is 3.28. The number of carbonyl (C=O) groups excluding carboxylic acids is 2. The minimum Gasteiger partial charge on any atom is -0.493 e. The molecule has 0 amide bonds. The molecule has 2 rings (SSSR count). The molecule has 2 aromatic carbocycles. The van der Waals surface area contributed by atoms with Crippen LogP contribution in [0.1, 0.15) is 99.8 Å². The van der Waals surface area contributed by atoms with Crippen molar-refractivity contribution in [1.29, 1.82) is 0 Å². The molecule has 0 bridgehead atoms. The van der Waals surface area contributed by atoms with Crippen LogP contribution in [0.4, 0.5) is 0 Å². The van der Waals surface area contributed by atoms with E-state index in [1.165, 1.54) is 0 Å². The molecule has 0 aliphatic heterocycles. The zero-order valence-electron chi connectivity index (χ0n) is 24.0. The second-order valence-corrected chi connectivity index (χ2v) is 9.05. The maximum absolute atomic E-state index is 12.1. The SMILES string of the molecule is CCCCOCC(=O)c1ccccc1OCCCC.CCCCOCC(=O)c1ccccc1OCCCC. The predicted molar refractivity (Wildman–Crippen MR) is 154 cm³/mol. The van der Waals surface area contributed by atoms with Gasteiger partial charge in [0, 0.05) is 13.2 Å². The molecule has 0 radical (unpaired) electrons. The Morgan fingerprint density at radius 1 is 0.526 bits per heavy atom. The summed E-state index contributed by atoms with van der Waals surface area (Å²) in [4.78, 5) is 24.1. The number of rotatable bonds is 20. The van der Waals surface area contributed by atoms with Crippen LogP contribution in [0.15, 0.2) is 48.5 Å². The monoisotopic (exact) mass is 528 g/mol. The van der Waals surface area contributed by atoms with Crippen LogP contribution in [-0.4, -0.2) is 51.2 Å². The smallest absolute Gasteiger partial charge is 0.192 e. The van der Waals surface area contributed by atoms with E-state index in [0.29, 0.717) is 49.1 Å². The summed E-state index contributed by atoms with van der Waals surface area (Å²) in [6.45, 7) is 11.3. The average molecular weight is 529 g/mol. The Balaban J connectivity index is 0.000000380. The number of benzene rings is 2. The van der Waals surface area contributed by atoms with Gasteiger partial charge in [0.05, 0.1) is 24.3 Å². The summed E-state index contributed by atoms with van der Waals surface area (Å²) in [6.07, 6.45) is 8.28. The molecule has 0 saturated heterocycles. The van der Waals surface area contributed by atoms with Crippen molar-refractivity contribution in [1.82, 2.24) is 0 Å². The van der Waals surface area contributed by atoms with Gasteiger partial charge in [0.1, 0.15) is 24.7 Å². The topological polar surface area (TPSA) is 71.1 Å². The van der Waals surface area contributed by atoms with Crippen molar-refractivity contribution < 1.29 is 28.5 Å². The fraction of sp³-hybridized carbons (Fsp3) is 0.562. The third-order valence-corrected chi connectivity index (χ3v) is 5.64.